The van der Waals surface area contributed by atoms with Crippen LogP contribution in [0.15, 0.2) is 46.5 Å². The zero-order valence-corrected chi connectivity index (χ0v) is 11.4. The minimum absolute atomic E-state index is 0.121. The molecule has 0 amide bonds. The molecule has 0 aliphatic heterocycles. The number of nitrogens with two attached hydrogens (primary N) is 1. The maximum Gasteiger partial charge on any atom is 0.417 e. The van der Waals surface area contributed by atoms with Crippen molar-refractivity contribution in [2.75, 3.05) is 5.73 Å². The summed E-state index contributed by atoms with van der Waals surface area (Å²) in [4.78, 5) is 3.92. The molecule has 0 spiro atoms. The van der Waals surface area contributed by atoms with Crippen LogP contribution in [0.5, 0.6) is 0 Å². The normalized spacial score (nSPS) is 13.2. The topological polar surface area (TPSA) is 56.0 Å². The highest BCUT2D eigenvalue weighted by Crippen LogP contribution is 2.32. The summed E-state index contributed by atoms with van der Waals surface area (Å²) in [7, 11) is -1.77. The first-order valence-corrected chi connectivity index (χ1v) is 6.82. The minimum atomic E-state index is -4.54. The van der Waals surface area contributed by atoms with Crippen molar-refractivity contribution >= 4 is 28.1 Å². The summed E-state index contributed by atoms with van der Waals surface area (Å²) in [6.45, 7) is 0. The standard InChI is InChI=1S/C12H8ClF3N2OS/c13-10-5-7(12(14,15)16)6-18-11(10)20(19)9-3-1-8(17)2-4-9/h1-6H,17H2. The molecule has 0 fully saturated rings. The molecule has 2 rings (SSSR count). The summed E-state index contributed by atoms with van der Waals surface area (Å²) in [5, 5.41) is -0.417. The Bertz CT molecular complexity index is 659. The lowest BCUT2D eigenvalue weighted by atomic mass is 10.3. The first kappa shape index (κ1) is 14.8. The summed E-state index contributed by atoms with van der Waals surface area (Å²) >= 11 is 5.73. The van der Waals surface area contributed by atoms with E-state index in [1.807, 2.05) is 0 Å². The Hall–Kier alpha value is -1.60. The molecule has 1 atom stereocenters. The van der Waals surface area contributed by atoms with Crippen molar-refractivity contribution in [3.05, 3.63) is 47.1 Å². The third kappa shape index (κ3) is 3.10. The summed E-state index contributed by atoms with van der Waals surface area (Å²) in [5.74, 6) is 0. The van der Waals surface area contributed by atoms with Crippen LogP contribution >= 0.6 is 11.6 Å². The van der Waals surface area contributed by atoms with Crippen LogP contribution < -0.4 is 5.73 Å². The molecule has 0 saturated heterocycles. The second-order valence-electron chi connectivity index (χ2n) is 3.85. The molecular weight excluding hydrogens is 313 g/mol. The molecule has 0 aliphatic rings. The molecule has 1 aromatic heterocycles. The zero-order chi connectivity index (χ0) is 14.9. The number of nitrogen functional groups attached to an aromatic ring is 1. The van der Waals surface area contributed by atoms with Gasteiger partial charge in [0.05, 0.1) is 10.6 Å². The second kappa shape index (κ2) is 5.41. The third-order valence-corrected chi connectivity index (χ3v) is 4.18. The van der Waals surface area contributed by atoms with Gasteiger partial charge in [-0.3, -0.25) is 0 Å². The van der Waals surface area contributed by atoms with E-state index in [1.54, 1.807) is 0 Å². The minimum Gasteiger partial charge on any atom is -0.399 e. The number of alkyl halides is 3. The van der Waals surface area contributed by atoms with Crippen molar-refractivity contribution in [1.29, 1.82) is 0 Å². The Morgan fingerprint density at radius 2 is 1.80 bits per heavy atom. The van der Waals surface area contributed by atoms with Crippen LogP contribution in [0.2, 0.25) is 5.02 Å². The summed E-state index contributed by atoms with van der Waals surface area (Å²) in [5.41, 5.74) is 5.00. The maximum atomic E-state index is 12.5. The number of halogens is 4. The molecule has 0 saturated carbocycles. The van der Waals surface area contributed by atoms with Crippen molar-refractivity contribution in [2.45, 2.75) is 16.1 Å². The van der Waals surface area contributed by atoms with E-state index >= 15 is 0 Å². The smallest absolute Gasteiger partial charge is 0.399 e. The molecule has 1 unspecified atom stereocenters. The van der Waals surface area contributed by atoms with Gasteiger partial charge in [0.2, 0.25) is 0 Å². The van der Waals surface area contributed by atoms with Gasteiger partial charge in [0.25, 0.3) is 0 Å². The average molecular weight is 321 g/mol. The lowest BCUT2D eigenvalue weighted by Gasteiger charge is -2.09. The number of anilines is 1. The Kier molecular flexibility index (Phi) is 4.01. The van der Waals surface area contributed by atoms with Crippen LogP contribution in [-0.4, -0.2) is 9.19 Å². The Balaban J connectivity index is 2.38. The number of nitrogens with zero attached hydrogens (tertiary/aromatic N) is 1. The fourth-order valence-electron chi connectivity index (χ4n) is 1.42. The van der Waals surface area contributed by atoms with Crippen LogP contribution in [0.3, 0.4) is 0 Å². The molecule has 0 radical (unpaired) electrons. The highest BCUT2D eigenvalue weighted by atomic mass is 35.5. The van der Waals surface area contributed by atoms with Gasteiger partial charge in [-0.2, -0.15) is 13.2 Å². The van der Waals surface area contributed by atoms with Crippen LogP contribution in [0, 0.1) is 0 Å². The van der Waals surface area contributed by atoms with E-state index in [-0.39, 0.29) is 10.0 Å². The van der Waals surface area contributed by atoms with E-state index in [0.29, 0.717) is 22.8 Å². The van der Waals surface area contributed by atoms with E-state index in [0.717, 1.165) is 0 Å². The molecule has 20 heavy (non-hydrogen) atoms. The number of benzene rings is 1. The quantitative estimate of drug-likeness (QED) is 0.862. The third-order valence-electron chi connectivity index (χ3n) is 2.40. The van der Waals surface area contributed by atoms with Gasteiger partial charge in [-0.05, 0) is 30.3 Å². The Morgan fingerprint density at radius 3 is 2.30 bits per heavy atom. The van der Waals surface area contributed by atoms with Crippen LogP contribution in [-0.2, 0) is 17.0 Å². The molecule has 2 N–H and O–H groups in total. The van der Waals surface area contributed by atoms with Crippen molar-refractivity contribution in [2.24, 2.45) is 0 Å². The van der Waals surface area contributed by atoms with Gasteiger partial charge >= 0.3 is 6.18 Å². The molecule has 106 valence electrons. The van der Waals surface area contributed by atoms with Gasteiger partial charge in [0.1, 0.15) is 10.8 Å². The lowest BCUT2D eigenvalue weighted by molar-refractivity contribution is -0.137. The molecule has 1 aromatic carbocycles. The SMILES string of the molecule is Nc1ccc(S(=O)c2ncc(C(F)(F)F)cc2Cl)cc1. The van der Waals surface area contributed by atoms with Gasteiger partial charge in [-0.1, -0.05) is 11.6 Å². The van der Waals surface area contributed by atoms with Gasteiger partial charge < -0.3 is 5.73 Å². The number of pyridine rings is 1. The van der Waals surface area contributed by atoms with Crippen molar-refractivity contribution < 1.29 is 17.4 Å². The van der Waals surface area contributed by atoms with Crippen molar-refractivity contribution in [3.63, 3.8) is 0 Å². The van der Waals surface area contributed by atoms with Crippen LogP contribution in [0.25, 0.3) is 0 Å². The molecule has 0 bridgehead atoms. The number of aromatic nitrogens is 1. The largest absolute Gasteiger partial charge is 0.417 e. The van der Waals surface area contributed by atoms with Gasteiger partial charge in [0, 0.05) is 16.8 Å². The zero-order valence-electron chi connectivity index (χ0n) is 9.82. The van der Waals surface area contributed by atoms with E-state index < -0.39 is 22.5 Å². The van der Waals surface area contributed by atoms with Crippen molar-refractivity contribution in [1.82, 2.24) is 4.98 Å². The lowest BCUT2D eigenvalue weighted by Crippen LogP contribution is -2.07. The average Bonchev–Trinajstić information content (AvgIpc) is 2.37. The van der Waals surface area contributed by atoms with E-state index in [1.165, 1.54) is 24.3 Å². The first-order valence-electron chi connectivity index (χ1n) is 5.29. The number of hydrogen-bond acceptors (Lipinski definition) is 3. The monoisotopic (exact) mass is 320 g/mol. The fraction of sp³-hybridized carbons (Fsp3) is 0.0833. The highest BCUT2D eigenvalue weighted by molar-refractivity contribution is 7.85. The fourth-order valence-corrected chi connectivity index (χ4v) is 2.79. The molecular formula is C12H8ClF3N2OS. The molecule has 8 heteroatoms. The van der Waals surface area contributed by atoms with Gasteiger partial charge in [0.15, 0.2) is 5.03 Å². The molecule has 3 nitrogen and oxygen atoms in total. The van der Waals surface area contributed by atoms with Crippen LogP contribution in [0.1, 0.15) is 5.56 Å². The van der Waals surface area contributed by atoms with E-state index in [2.05, 4.69) is 4.98 Å². The summed E-state index contributed by atoms with van der Waals surface area (Å²) in [6, 6.07) is 6.78. The predicted octanol–water partition coefficient (Wildman–Crippen LogP) is 3.50. The molecule has 1 heterocycles. The summed E-state index contributed by atoms with van der Waals surface area (Å²) in [6.07, 6.45) is -3.94. The Labute approximate surface area is 120 Å². The second-order valence-corrected chi connectivity index (χ2v) is 5.65. The number of hydrogen-bond donors (Lipinski definition) is 1. The summed E-state index contributed by atoms with van der Waals surface area (Å²) < 4.78 is 49.6. The first-order chi connectivity index (χ1) is 9.29. The molecule has 2 aromatic rings. The van der Waals surface area contributed by atoms with Gasteiger partial charge in [-0.25, -0.2) is 9.19 Å². The molecule has 0 aliphatic carbocycles. The number of rotatable bonds is 2. The van der Waals surface area contributed by atoms with Crippen molar-refractivity contribution in [3.8, 4) is 0 Å². The highest BCUT2D eigenvalue weighted by Gasteiger charge is 2.32. The maximum absolute atomic E-state index is 12.5. The van der Waals surface area contributed by atoms with Gasteiger partial charge in [-0.15, -0.1) is 0 Å². The van der Waals surface area contributed by atoms with Crippen LogP contribution in [0.4, 0.5) is 18.9 Å². The van der Waals surface area contributed by atoms with E-state index in [9.17, 15) is 17.4 Å². The Morgan fingerprint density at radius 1 is 1.20 bits per heavy atom. The van der Waals surface area contributed by atoms with E-state index in [4.69, 9.17) is 17.3 Å². The predicted molar refractivity (Wildman–Crippen MR) is 69.8 cm³/mol.